The van der Waals surface area contributed by atoms with Crippen LogP contribution in [0.1, 0.15) is 27.5 Å². The summed E-state index contributed by atoms with van der Waals surface area (Å²) in [5.74, 6) is 0. The van der Waals surface area contributed by atoms with Crippen molar-refractivity contribution in [2.24, 2.45) is 5.73 Å². The summed E-state index contributed by atoms with van der Waals surface area (Å²) >= 11 is 0. The summed E-state index contributed by atoms with van der Waals surface area (Å²) in [7, 11) is 0. The minimum Gasteiger partial charge on any atom is -0.328 e. The molecule has 0 aliphatic heterocycles. The fourth-order valence-electron chi connectivity index (χ4n) is 0.447. The zero-order valence-electron chi connectivity index (χ0n) is 16.5. The van der Waals surface area contributed by atoms with Crippen molar-refractivity contribution in [2.75, 3.05) is 0 Å². The summed E-state index contributed by atoms with van der Waals surface area (Å²) in [4.78, 5) is 0. The van der Waals surface area contributed by atoms with Crippen molar-refractivity contribution in [3.63, 3.8) is 0 Å². The lowest BCUT2D eigenvalue weighted by Gasteiger charge is -2.02. The number of benzene rings is 1. The molecule has 2 N–H and O–H groups in total. The van der Waals surface area contributed by atoms with Crippen LogP contribution in [0.15, 0.2) is 30.2 Å². The topological polar surface area (TPSA) is 26.0 Å². The lowest BCUT2D eigenvalue weighted by atomic mass is 10.1. The first-order chi connectivity index (χ1) is 9.18. The molecule has 1 rings (SSSR count). The smallest absolute Gasteiger partial charge is 0.0626 e. The van der Waals surface area contributed by atoms with Gasteiger partial charge in [-0.2, -0.15) is 0 Å². The molecule has 1 aromatic rings. The van der Waals surface area contributed by atoms with E-state index in [0.717, 1.165) is 0 Å². The van der Waals surface area contributed by atoms with Gasteiger partial charge in [0.15, 0.2) is 0 Å². The van der Waals surface area contributed by atoms with Crippen molar-refractivity contribution in [3.05, 3.63) is 35.8 Å². The van der Waals surface area contributed by atoms with Gasteiger partial charge in [0.05, 0.1) is 6.85 Å². The van der Waals surface area contributed by atoms with Crippen molar-refractivity contribution in [3.8, 4) is 0 Å². The summed E-state index contributed by atoms with van der Waals surface area (Å²) in [5, 5.41) is 0. The second kappa shape index (κ2) is 5.16. The van der Waals surface area contributed by atoms with Crippen LogP contribution in [-0.2, 0) is 6.37 Å². The number of hydrogen-bond acceptors (Lipinski definition) is 1. The molecule has 0 heterocycles. The third kappa shape index (κ3) is 4.02. The molecule has 0 saturated carbocycles. The molecule has 1 atom stereocenters. The molecule has 0 bridgehead atoms. The lowest BCUT2D eigenvalue weighted by Crippen LogP contribution is -2.17. The second-order valence-electron chi connectivity index (χ2n) is 1.54. The number of rotatable bonds is 2. The van der Waals surface area contributed by atoms with Gasteiger partial charge in [0.25, 0.3) is 0 Å². The Kier molecular flexibility index (Phi) is 1.05. The van der Waals surface area contributed by atoms with Crippen LogP contribution in [-0.4, -0.2) is 6.02 Å². The summed E-state index contributed by atoms with van der Waals surface area (Å²) < 4.78 is 82.3. The van der Waals surface area contributed by atoms with Gasteiger partial charge in [-0.05, 0) is 18.8 Å². The predicted octanol–water partition coefficient (Wildman–Crippen LogP) is 2.00. The summed E-state index contributed by atoms with van der Waals surface area (Å²) in [6.07, 6.45) is -3.19. The first-order valence-electron chi connectivity index (χ1n) is 8.04. The normalized spacial score (nSPS) is 31.5. The maximum absolute atomic E-state index is 7.80. The number of nitrogens with two attached hydrogens (primary N) is 1. The SMILES string of the molecule is Cl.[2H]c1c([2H])c([2H])c(C([2H])([2H])C([2H])(N)C([2H])([2H])[2H])c([2H])c1[2H]. The Morgan fingerprint density at radius 1 is 1.73 bits per heavy atom. The van der Waals surface area contributed by atoms with Gasteiger partial charge in [0.2, 0.25) is 0 Å². The monoisotopic (exact) mass is 182 g/mol. The van der Waals surface area contributed by atoms with Crippen molar-refractivity contribution >= 4 is 12.4 Å². The molecule has 0 saturated heterocycles. The Morgan fingerprint density at radius 3 is 2.91 bits per heavy atom. The summed E-state index contributed by atoms with van der Waals surface area (Å²) in [6, 6.07) is -7.42. The fraction of sp³-hybridized carbons (Fsp3) is 0.333. The highest BCUT2D eigenvalue weighted by Gasteiger charge is 1.94. The largest absolute Gasteiger partial charge is 0.328 e. The molecule has 0 aromatic heterocycles. The summed E-state index contributed by atoms with van der Waals surface area (Å²) in [5.41, 5.74) is 4.33. The van der Waals surface area contributed by atoms with E-state index >= 15 is 0 Å². The second-order valence-corrected chi connectivity index (χ2v) is 1.54. The number of hydrogen-bond donors (Lipinski definition) is 1. The molecular weight excluding hydrogens is 158 g/mol. The Hall–Kier alpha value is -0.530. The molecule has 0 aliphatic carbocycles. The highest BCUT2D eigenvalue weighted by atomic mass is 35.5. The van der Waals surface area contributed by atoms with Gasteiger partial charge in [-0.3, -0.25) is 0 Å². The zero-order chi connectivity index (χ0) is 17.0. The van der Waals surface area contributed by atoms with Crippen molar-refractivity contribution < 1.29 is 15.1 Å². The van der Waals surface area contributed by atoms with E-state index in [2.05, 4.69) is 0 Å². The van der Waals surface area contributed by atoms with Gasteiger partial charge in [0, 0.05) is 14.2 Å². The average Bonchev–Trinajstić information content (AvgIpc) is 2.32. The van der Waals surface area contributed by atoms with Crippen molar-refractivity contribution in [1.82, 2.24) is 0 Å². The van der Waals surface area contributed by atoms with E-state index in [1.807, 2.05) is 0 Å². The van der Waals surface area contributed by atoms with Gasteiger partial charge in [-0.25, -0.2) is 0 Å². The Morgan fingerprint density at radius 2 is 2.36 bits per heavy atom. The molecule has 1 unspecified atom stereocenters. The van der Waals surface area contributed by atoms with E-state index < -0.39 is 55.0 Å². The Bertz CT molecular complexity index is 551. The minimum atomic E-state index is -3.26. The Labute approximate surface area is 89.5 Å². The van der Waals surface area contributed by atoms with E-state index in [0.29, 0.717) is 0 Å². The van der Waals surface area contributed by atoms with Crippen LogP contribution in [0.5, 0.6) is 0 Å². The molecule has 0 amide bonds. The molecule has 0 fully saturated rings. The predicted molar refractivity (Wildman–Crippen MR) is 51.0 cm³/mol. The van der Waals surface area contributed by atoms with Crippen LogP contribution in [0.25, 0.3) is 0 Å². The van der Waals surface area contributed by atoms with E-state index in [1.165, 1.54) is 0 Å². The molecule has 0 radical (unpaired) electrons. The number of halogens is 1. The summed E-state index contributed by atoms with van der Waals surface area (Å²) in [6.45, 7) is -3.26. The van der Waals surface area contributed by atoms with Crippen molar-refractivity contribution in [1.29, 1.82) is 0 Å². The van der Waals surface area contributed by atoms with Crippen LogP contribution in [0.4, 0.5) is 0 Å². The van der Waals surface area contributed by atoms with Crippen LogP contribution >= 0.6 is 12.4 Å². The van der Waals surface area contributed by atoms with E-state index in [-0.39, 0.29) is 12.4 Å². The molecule has 62 valence electrons. The molecule has 1 aromatic carbocycles. The zero-order valence-corrected chi connectivity index (χ0v) is 6.30. The van der Waals surface area contributed by atoms with E-state index in [4.69, 9.17) is 20.8 Å². The van der Waals surface area contributed by atoms with Crippen LogP contribution < -0.4 is 5.73 Å². The molecular formula is C9H14ClN. The minimum absolute atomic E-state index is 0. The van der Waals surface area contributed by atoms with Gasteiger partial charge < -0.3 is 5.73 Å². The lowest BCUT2D eigenvalue weighted by molar-refractivity contribution is 0.738. The standard InChI is InChI=1S/C9H13N.ClH/c1-8(10)7-9-5-3-2-4-6-9;/h2-6,8H,7,10H2,1H3;1H/i1D3,2D,3D,4D,5D,6D,7D2,8D;. The van der Waals surface area contributed by atoms with Gasteiger partial charge >= 0.3 is 0 Å². The molecule has 1 nitrogen and oxygen atoms in total. The highest BCUT2D eigenvalue weighted by Crippen LogP contribution is 2.00. The third-order valence-corrected chi connectivity index (χ3v) is 0.760. The molecule has 0 aliphatic rings. The quantitative estimate of drug-likeness (QED) is 0.744. The average molecular weight is 183 g/mol. The van der Waals surface area contributed by atoms with E-state index in [9.17, 15) is 0 Å². The highest BCUT2D eigenvalue weighted by molar-refractivity contribution is 5.85. The van der Waals surface area contributed by atoms with Gasteiger partial charge in [0.1, 0.15) is 0 Å². The molecule has 2 heteroatoms. The van der Waals surface area contributed by atoms with Gasteiger partial charge in [-0.15, -0.1) is 12.4 Å². The molecule has 0 spiro atoms. The first kappa shape index (κ1) is 2.24. The first-order valence-corrected chi connectivity index (χ1v) is 2.54. The van der Waals surface area contributed by atoms with Gasteiger partial charge in [-0.1, -0.05) is 30.2 Å². The van der Waals surface area contributed by atoms with Crippen molar-refractivity contribution in [2.45, 2.75) is 19.2 Å². The molecule has 11 heavy (non-hydrogen) atoms. The van der Waals surface area contributed by atoms with E-state index in [1.54, 1.807) is 0 Å². The third-order valence-electron chi connectivity index (χ3n) is 0.760. The van der Waals surface area contributed by atoms with Crippen LogP contribution in [0.2, 0.25) is 0 Å². The van der Waals surface area contributed by atoms with Crippen LogP contribution in [0.3, 0.4) is 0 Å². The Balaban J connectivity index is 0.00000441. The van der Waals surface area contributed by atoms with Crippen LogP contribution in [0, 0.1) is 0 Å². The maximum atomic E-state index is 7.80. The fourth-order valence-corrected chi connectivity index (χ4v) is 0.447. The maximum Gasteiger partial charge on any atom is 0.0626 e.